The Labute approximate surface area is 205 Å². The third kappa shape index (κ3) is 5.59. The number of hydrogen-bond acceptors (Lipinski definition) is 4. The second kappa shape index (κ2) is 10.3. The highest BCUT2D eigenvalue weighted by molar-refractivity contribution is 6.33. The first kappa shape index (κ1) is 23.8. The van der Waals surface area contributed by atoms with E-state index in [-0.39, 0.29) is 12.0 Å². The number of likely N-dealkylation sites (tertiary alicyclic amines) is 1. The summed E-state index contributed by atoms with van der Waals surface area (Å²) in [4.78, 5) is 6.98. The molecule has 1 aliphatic heterocycles. The Morgan fingerprint density at radius 3 is 2.48 bits per heavy atom. The van der Waals surface area contributed by atoms with Crippen LogP contribution in [0, 0.1) is 23.7 Å². The molecule has 0 unspecified atom stereocenters. The fraction of sp³-hybridized carbons (Fsp3) is 0.385. The quantitative estimate of drug-likeness (QED) is 0.500. The van der Waals surface area contributed by atoms with E-state index in [1.54, 1.807) is 6.07 Å². The van der Waals surface area contributed by atoms with E-state index in [0.717, 1.165) is 62.4 Å². The van der Waals surface area contributed by atoms with Gasteiger partial charge in [-0.05, 0) is 86.1 Å². The van der Waals surface area contributed by atoms with Crippen LogP contribution in [0.5, 0.6) is 0 Å². The second-order valence-electron chi connectivity index (χ2n) is 9.04. The molecule has 0 atom stereocenters. The summed E-state index contributed by atoms with van der Waals surface area (Å²) in [6.45, 7) is 5.51. The maximum absolute atomic E-state index is 10.3. The van der Waals surface area contributed by atoms with Gasteiger partial charge in [0.25, 0.3) is 0 Å². The third-order valence-electron chi connectivity index (χ3n) is 6.77. The van der Waals surface area contributed by atoms with Gasteiger partial charge in [0.2, 0.25) is 0 Å². The van der Waals surface area contributed by atoms with Crippen molar-refractivity contribution in [3.8, 4) is 6.07 Å². The predicted molar refractivity (Wildman–Crippen MR) is 131 cm³/mol. The Bertz CT molecular complexity index is 1140. The van der Waals surface area contributed by atoms with Gasteiger partial charge in [-0.25, -0.2) is 4.98 Å². The summed E-state index contributed by atoms with van der Waals surface area (Å²) in [5, 5.41) is 20.7. The molecule has 0 spiro atoms. The number of piperidine rings is 1. The minimum atomic E-state index is -0.177. The molecule has 0 bridgehead atoms. The van der Waals surface area contributed by atoms with Crippen molar-refractivity contribution in [2.24, 2.45) is 5.41 Å². The van der Waals surface area contributed by atoms with Crippen LogP contribution in [-0.4, -0.2) is 39.3 Å². The first-order chi connectivity index (χ1) is 15.9. The molecule has 7 heteroatoms. The molecular weight excluding hydrogens is 455 g/mol. The zero-order valence-corrected chi connectivity index (χ0v) is 20.3. The van der Waals surface area contributed by atoms with Crippen molar-refractivity contribution in [3.63, 3.8) is 0 Å². The summed E-state index contributed by atoms with van der Waals surface area (Å²) in [5.41, 5.74) is 3.81. The van der Waals surface area contributed by atoms with Gasteiger partial charge >= 0.3 is 0 Å². The molecule has 1 saturated heterocycles. The number of aliphatic hydroxyl groups excluding tert-OH is 1. The molecule has 1 N–H and O–H groups in total. The highest BCUT2D eigenvalue weighted by Crippen LogP contribution is 2.37. The van der Waals surface area contributed by atoms with Gasteiger partial charge in [0.1, 0.15) is 5.82 Å². The van der Waals surface area contributed by atoms with Crippen LogP contribution in [-0.2, 0) is 19.5 Å². The second-order valence-corrected chi connectivity index (χ2v) is 9.88. The van der Waals surface area contributed by atoms with Gasteiger partial charge in [-0.2, -0.15) is 5.26 Å². The SMILES string of the molecule is Cc1ncc(CN2CCC(CO)(Cc3cc(Cl)ccc3Cl)CC2)n1Cc1ccc(C#N)cc1. The van der Waals surface area contributed by atoms with E-state index in [1.165, 1.54) is 5.69 Å². The van der Waals surface area contributed by atoms with Crippen LogP contribution in [0.15, 0.2) is 48.7 Å². The molecule has 2 heterocycles. The van der Waals surface area contributed by atoms with Gasteiger partial charge in [-0.3, -0.25) is 4.90 Å². The fourth-order valence-electron chi connectivity index (χ4n) is 4.61. The Balaban J connectivity index is 1.41. The number of aryl methyl sites for hydroxylation is 1. The minimum Gasteiger partial charge on any atom is -0.396 e. The summed E-state index contributed by atoms with van der Waals surface area (Å²) < 4.78 is 2.24. The van der Waals surface area contributed by atoms with Gasteiger partial charge in [-0.1, -0.05) is 35.3 Å². The van der Waals surface area contributed by atoms with Crippen molar-refractivity contribution in [1.29, 1.82) is 5.26 Å². The molecule has 1 aliphatic rings. The summed E-state index contributed by atoms with van der Waals surface area (Å²) in [6.07, 6.45) is 4.48. The monoisotopic (exact) mass is 482 g/mol. The number of aromatic nitrogens is 2. The third-order valence-corrected chi connectivity index (χ3v) is 7.38. The number of nitrogens with zero attached hydrogens (tertiary/aromatic N) is 4. The maximum Gasteiger partial charge on any atom is 0.106 e. The predicted octanol–water partition coefficient (Wildman–Crippen LogP) is 5.24. The first-order valence-electron chi connectivity index (χ1n) is 11.2. The standard InChI is InChI=1S/C26H28Cl2N4O/c1-19-30-15-24(32(19)16-21-4-2-20(14-29)3-5-21)17-31-10-8-26(18-33,9-11-31)13-22-12-23(27)6-7-25(22)28/h2-7,12,15,33H,8-11,13,16-18H2,1H3. The Morgan fingerprint density at radius 1 is 1.09 bits per heavy atom. The lowest BCUT2D eigenvalue weighted by Gasteiger charge is -2.41. The maximum atomic E-state index is 10.3. The number of benzene rings is 2. The number of imidazole rings is 1. The van der Waals surface area contributed by atoms with Gasteiger partial charge < -0.3 is 9.67 Å². The van der Waals surface area contributed by atoms with Crippen molar-refractivity contribution in [3.05, 3.63) is 86.9 Å². The number of rotatable bonds is 7. The van der Waals surface area contributed by atoms with Crippen LogP contribution in [0.3, 0.4) is 0 Å². The summed E-state index contributed by atoms with van der Waals surface area (Å²) >= 11 is 12.6. The van der Waals surface area contributed by atoms with Crippen molar-refractivity contribution < 1.29 is 5.11 Å². The average molecular weight is 483 g/mol. The van der Waals surface area contributed by atoms with E-state index >= 15 is 0 Å². The molecule has 0 saturated carbocycles. The van der Waals surface area contributed by atoms with E-state index in [4.69, 9.17) is 28.5 Å². The molecule has 0 aliphatic carbocycles. The van der Waals surface area contributed by atoms with Crippen LogP contribution in [0.25, 0.3) is 0 Å². The van der Waals surface area contributed by atoms with Crippen molar-refractivity contribution in [2.45, 2.75) is 39.3 Å². The molecule has 1 fully saturated rings. The van der Waals surface area contributed by atoms with Crippen LogP contribution < -0.4 is 0 Å². The minimum absolute atomic E-state index is 0.138. The van der Waals surface area contributed by atoms with Gasteiger partial charge in [0, 0.05) is 35.9 Å². The summed E-state index contributed by atoms with van der Waals surface area (Å²) in [5.74, 6) is 0.978. The lowest BCUT2D eigenvalue weighted by molar-refractivity contribution is 0.0406. The van der Waals surface area contributed by atoms with E-state index in [2.05, 4.69) is 20.5 Å². The number of halogens is 2. The molecule has 3 aromatic rings. The molecule has 172 valence electrons. The van der Waals surface area contributed by atoms with Crippen LogP contribution in [0.4, 0.5) is 0 Å². The van der Waals surface area contributed by atoms with Gasteiger partial charge in [0.05, 0.1) is 17.3 Å². The van der Waals surface area contributed by atoms with Crippen LogP contribution in [0.2, 0.25) is 10.0 Å². The zero-order chi connectivity index (χ0) is 23.4. The van der Waals surface area contributed by atoms with E-state index in [0.29, 0.717) is 15.6 Å². The lowest BCUT2D eigenvalue weighted by atomic mass is 9.74. The smallest absolute Gasteiger partial charge is 0.106 e. The zero-order valence-electron chi connectivity index (χ0n) is 18.8. The molecule has 5 nitrogen and oxygen atoms in total. The van der Waals surface area contributed by atoms with E-state index in [1.807, 2.05) is 49.5 Å². The van der Waals surface area contributed by atoms with Gasteiger partial charge in [0.15, 0.2) is 0 Å². The highest BCUT2D eigenvalue weighted by atomic mass is 35.5. The largest absolute Gasteiger partial charge is 0.396 e. The molecule has 0 radical (unpaired) electrons. The molecule has 4 rings (SSSR count). The Kier molecular flexibility index (Phi) is 7.41. The molecule has 33 heavy (non-hydrogen) atoms. The van der Waals surface area contributed by atoms with Gasteiger partial charge in [-0.15, -0.1) is 0 Å². The van der Waals surface area contributed by atoms with Crippen LogP contribution in [0.1, 0.15) is 41.1 Å². The van der Waals surface area contributed by atoms with Crippen molar-refractivity contribution in [1.82, 2.24) is 14.5 Å². The van der Waals surface area contributed by atoms with E-state index in [9.17, 15) is 5.11 Å². The van der Waals surface area contributed by atoms with Crippen molar-refractivity contribution >= 4 is 23.2 Å². The normalized spacial score (nSPS) is 16.0. The molecule has 1 aromatic heterocycles. The number of aliphatic hydroxyl groups is 1. The number of hydrogen-bond donors (Lipinski definition) is 1. The summed E-state index contributed by atoms with van der Waals surface area (Å²) in [6, 6.07) is 15.4. The van der Waals surface area contributed by atoms with E-state index < -0.39 is 0 Å². The topological polar surface area (TPSA) is 65.1 Å². The lowest BCUT2D eigenvalue weighted by Crippen LogP contribution is -2.43. The molecular formula is C26H28Cl2N4O. The highest BCUT2D eigenvalue weighted by Gasteiger charge is 2.35. The summed E-state index contributed by atoms with van der Waals surface area (Å²) in [7, 11) is 0. The molecule has 2 aromatic carbocycles. The fourth-order valence-corrected chi connectivity index (χ4v) is 4.99. The van der Waals surface area contributed by atoms with Crippen LogP contribution >= 0.6 is 23.2 Å². The number of nitriles is 1. The first-order valence-corrected chi connectivity index (χ1v) is 11.9. The molecule has 0 amide bonds. The van der Waals surface area contributed by atoms with Crippen molar-refractivity contribution in [2.75, 3.05) is 19.7 Å². The Hall–Kier alpha value is -2.36. The Morgan fingerprint density at radius 2 is 1.82 bits per heavy atom. The average Bonchev–Trinajstić information content (AvgIpc) is 3.17.